The van der Waals surface area contributed by atoms with Crippen LogP contribution in [0.2, 0.25) is 0 Å². The molecule has 1 fully saturated rings. The minimum Gasteiger partial charge on any atom is -0.372 e. The summed E-state index contributed by atoms with van der Waals surface area (Å²) in [6.45, 7) is 7.47. The first-order valence-corrected chi connectivity index (χ1v) is 9.48. The third-order valence-corrected chi connectivity index (χ3v) is 4.65. The molecule has 5 nitrogen and oxygen atoms in total. The lowest BCUT2D eigenvalue weighted by Crippen LogP contribution is -2.17. The Labute approximate surface area is 155 Å². The Morgan fingerprint density at radius 1 is 1.15 bits per heavy atom. The molecule has 26 heavy (non-hydrogen) atoms. The van der Waals surface area contributed by atoms with E-state index >= 15 is 0 Å². The minimum atomic E-state index is -0.117. The van der Waals surface area contributed by atoms with Crippen LogP contribution in [0.1, 0.15) is 43.5 Å². The number of hydrogen-bond acceptors (Lipinski definition) is 4. The quantitative estimate of drug-likeness (QED) is 0.776. The molecule has 0 bridgehead atoms. The summed E-state index contributed by atoms with van der Waals surface area (Å²) in [6.07, 6.45) is 5.26. The minimum absolute atomic E-state index is 0.117. The van der Waals surface area contributed by atoms with Gasteiger partial charge in [-0.1, -0.05) is 13.8 Å². The van der Waals surface area contributed by atoms with Gasteiger partial charge in [0.15, 0.2) is 0 Å². The van der Waals surface area contributed by atoms with Crippen LogP contribution in [-0.2, 0) is 0 Å². The maximum atomic E-state index is 12.5. The van der Waals surface area contributed by atoms with E-state index in [4.69, 9.17) is 0 Å². The molecule has 2 heterocycles. The fraction of sp³-hybridized carbons (Fsp3) is 0.429. The molecule has 0 saturated carbocycles. The first-order chi connectivity index (χ1) is 12.6. The van der Waals surface area contributed by atoms with Gasteiger partial charge < -0.3 is 15.5 Å². The summed E-state index contributed by atoms with van der Waals surface area (Å²) in [5.41, 5.74) is 2.64. The van der Waals surface area contributed by atoms with Crippen LogP contribution in [0.3, 0.4) is 0 Å². The number of hydrogen-bond donors (Lipinski definition) is 2. The Bertz CT molecular complexity index is 721. The number of nitrogens with zero attached hydrogens (tertiary/aromatic N) is 2. The lowest BCUT2D eigenvalue weighted by Gasteiger charge is -2.17. The predicted octanol–water partition coefficient (Wildman–Crippen LogP) is 4.39. The number of aromatic nitrogens is 1. The van der Waals surface area contributed by atoms with Crippen LogP contribution in [0.15, 0.2) is 42.6 Å². The van der Waals surface area contributed by atoms with Gasteiger partial charge in [0.25, 0.3) is 5.91 Å². The summed E-state index contributed by atoms with van der Waals surface area (Å²) >= 11 is 0. The van der Waals surface area contributed by atoms with Gasteiger partial charge in [-0.15, -0.1) is 0 Å². The van der Waals surface area contributed by atoms with Crippen molar-refractivity contribution in [1.29, 1.82) is 0 Å². The van der Waals surface area contributed by atoms with Crippen molar-refractivity contribution in [2.45, 2.75) is 33.1 Å². The topological polar surface area (TPSA) is 57.3 Å². The summed E-state index contributed by atoms with van der Waals surface area (Å²) in [5, 5.41) is 6.24. The number of carbonyl (C=O) groups is 1. The van der Waals surface area contributed by atoms with Crippen molar-refractivity contribution in [2.24, 2.45) is 5.92 Å². The van der Waals surface area contributed by atoms with Crippen LogP contribution >= 0.6 is 0 Å². The highest BCUT2D eigenvalue weighted by molar-refractivity contribution is 6.04. The molecule has 0 atom stereocenters. The molecule has 1 aromatic carbocycles. The van der Waals surface area contributed by atoms with E-state index in [0.717, 1.165) is 37.6 Å². The third kappa shape index (κ3) is 4.97. The highest BCUT2D eigenvalue weighted by Gasteiger charge is 2.12. The second-order valence-corrected chi connectivity index (χ2v) is 7.23. The molecule has 2 aromatic rings. The van der Waals surface area contributed by atoms with Gasteiger partial charge in [-0.2, -0.15) is 0 Å². The van der Waals surface area contributed by atoms with Gasteiger partial charge in [-0.05, 0) is 61.6 Å². The Balaban J connectivity index is 1.58. The lowest BCUT2D eigenvalue weighted by atomic mass is 10.1. The average Bonchev–Trinajstić information content (AvgIpc) is 3.17. The van der Waals surface area contributed by atoms with Crippen molar-refractivity contribution >= 4 is 23.1 Å². The monoisotopic (exact) mass is 352 g/mol. The maximum Gasteiger partial charge on any atom is 0.255 e. The van der Waals surface area contributed by atoms with Crippen molar-refractivity contribution in [3.63, 3.8) is 0 Å². The van der Waals surface area contributed by atoms with E-state index in [-0.39, 0.29) is 5.91 Å². The number of benzene rings is 1. The number of pyridine rings is 1. The van der Waals surface area contributed by atoms with Gasteiger partial charge in [0.2, 0.25) is 0 Å². The second kappa shape index (κ2) is 8.70. The Hall–Kier alpha value is -2.56. The smallest absolute Gasteiger partial charge is 0.255 e. The molecule has 5 heteroatoms. The lowest BCUT2D eigenvalue weighted by molar-refractivity contribution is 0.102. The molecule has 0 spiro atoms. The summed E-state index contributed by atoms with van der Waals surface area (Å²) < 4.78 is 0. The molecule has 1 aliphatic heterocycles. The molecule has 138 valence electrons. The Morgan fingerprint density at radius 2 is 1.88 bits per heavy atom. The molecule has 3 rings (SSSR count). The highest BCUT2D eigenvalue weighted by Crippen LogP contribution is 2.22. The van der Waals surface area contributed by atoms with Gasteiger partial charge in [-0.25, -0.2) is 4.98 Å². The molecule has 1 aromatic heterocycles. The SMILES string of the molecule is CC(C)CCNc1cc(C(=O)Nc2ccc(N3CCCC3)cc2)ccn1. The summed E-state index contributed by atoms with van der Waals surface area (Å²) in [4.78, 5) is 19.2. The molecule has 2 N–H and O–H groups in total. The predicted molar refractivity (Wildman–Crippen MR) is 108 cm³/mol. The third-order valence-electron chi connectivity index (χ3n) is 4.65. The number of carbonyl (C=O) groups excluding carboxylic acids is 1. The van der Waals surface area contributed by atoms with E-state index in [1.165, 1.54) is 18.5 Å². The number of rotatable bonds is 7. The second-order valence-electron chi connectivity index (χ2n) is 7.23. The van der Waals surface area contributed by atoms with E-state index in [1.807, 2.05) is 12.1 Å². The molecule has 1 saturated heterocycles. The fourth-order valence-corrected chi connectivity index (χ4v) is 3.09. The number of amides is 1. The van der Waals surface area contributed by atoms with E-state index in [1.54, 1.807) is 18.3 Å². The molecule has 0 aliphatic carbocycles. The zero-order valence-corrected chi connectivity index (χ0v) is 15.7. The van der Waals surface area contributed by atoms with Gasteiger partial charge in [-0.3, -0.25) is 4.79 Å². The van der Waals surface area contributed by atoms with E-state index in [0.29, 0.717) is 11.5 Å². The molecule has 0 unspecified atom stereocenters. The summed E-state index contributed by atoms with van der Waals surface area (Å²) in [5.74, 6) is 1.26. The van der Waals surface area contributed by atoms with Crippen LogP contribution in [0.25, 0.3) is 0 Å². The van der Waals surface area contributed by atoms with E-state index in [9.17, 15) is 4.79 Å². The van der Waals surface area contributed by atoms with Crippen molar-refractivity contribution in [3.8, 4) is 0 Å². The van der Waals surface area contributed by atoms with E-state index in [2.05, 4.69) is 46.5 Å². The van der Waals surface area contributed by atoms with E-state index < -0.39 is 0 Å². The van der Waals surface area contributed by atoms with Crippen LogP contribution in [0.4, 0.5) is 17.2 Å². The molecule has 1 amide bonds. The van der Waals surface area contributed by atoms with Crippen LogP contribution in [0.5, 0.6) is 0 Å². The molecule has 0 radical (unpaired) electrons. The number of anilines is 3. The van der Waals surface area contributed by atoms with Crippen LogP contribution < -0.4 is 15.5 Å². The van der Waals surface area contributed by atoms with Gasteiger partial charge >= 0.3 is 0 Å². The molecular weight excluding hydrogens is 324 g/mol. The normalized spacial score (nSPS) is 13.9. The average molecular weight is 352 g/mol. The van der Waals surface area contributed by atoms with Crippen LogP contribution in [0, 0.1) is 5.92 Å². The fourth-order valence-electron chi connectivity index (χ4n) is 3.09. The standard InChI is InChI=1S/C21H28N4O/c1-16(2)9-11-22-20-15-17(10-12-23-20)21(26)24-18-5-7-19(8-6-18)25-13-3-4-14-25/h5-8,10,12,15-16H,3-4,9,11,13-14H2,1-2H3,(H,22,23)(H,24,26). The highest BCUT2D eigenvalue weighted by atomic mass is 16.1. The van der Waals surface area contributed by atoms with Crippen molar-refractivity contribution in [1.82, 2.24) is 4.98 Å². The molecule has 1 aliphatic rings. The van der Waals surface area contributed by atoms with Crippen LogP contribution in [-0.4, -0.2) is 30.5 Å². The molecular formula is C21H28N4O. The number of nitrogens with one attached hydrogen (secondary N) is 2. The summed E-state index contributed by atoms with van der Waals surface area (Å²) in [6, 6.07) is 11.6. The first-order valence-electron chi connectivity index (χ1n) is 9.48. The zero-order chi connectivity index (χ0) is 18.4. The van der Waals surface area contributed by atoms with Crippen molar-refractivity contribution < 1.29 is 4.79 Å². The first kappa shape index (κ1) is 18.2. The van der Waals surface area contributed by atoms with Gasteiger partial charge in [0, 0.05) is 42.8 Å². The van der Waals surface area contributed by atoms with Crippen molar-refractivity contribution in [2.75, 3.05) is 35.2 Å². The maximum absolute atomic E-state index is 12.5. The Morgan fingerprint density at radius 3 is 2.58 bits per heavy atom. The zero-order valence-electron chi connectivity index (χ0n) is 15.7. The van der Waals surface area contributed by atoms with Gasteiger partial charge in [0.05, 0.1) is 0 Å². The Kier molecular flexibility index (Phi) is 6.10. The van der Waals surface area contributed by atoms with Gasteiger partial charge in [0.1, 0.15) is 5.82 Å². The largest absolute Gasteiger partial charge is 0.372 e. The van der Waals surface area contributed by atoms with Crippen molar-refractivity contribution in [3.05, 3.63) is 48.2 Å². The summed E-state index contributed by atoms with van der Waals surface area (Å²) in [7, 11) is 0.